The zero-order valence-electron chi connectivity index (χ0n) is 13.0. The molecule has 2 heterocycles. The zero-order chi connectivity index (χ0) is 15.1. The fraction of sp³-hybridized carbons (Fsp3) is 0.643. The van der Waals surface area contributed by atoms with Crippen molar-refractivity contribution in [2.24, 2.45) is 0 Å². The quantitative estimate of drug-likeness (QED) is 0.793. The van der Waals surface area contributed by atoms with Crippen molar-refractivity contribution in [3.8, 4) is 0 Å². The molecular weight excluding hydrogens is 258 g/mol. The number of hydrogen-bond donors (Lipinski definition) is 0. The van der Waals surface area contributed by atoms with E-state index in [0.29, 0.717) is 11.3 Å². The lowest BCUT2D eigenvalue weighted by Gasteiger charge is -2.32. The first-order valence-corrected chi connectivity index (χ1v) is 6.90. The first-order chi connectivity index (χ1) is 9.18. The Kier molecular flexibility index (Phi) is 3.82. The summed E-state index contributed by atoms with van der Waals surface area (Å²) >= 11 is 0. The lowest BCUT2D eigenvalue weighted by molar-refractivity contribution is 0.00578. The smallest absolute Gasteiger partial charge is 0.399 e. The number of aromatic nitrogens is 1. The molecule has 1 saturated heterocycles. The molecule has 6 heteroatoms. The first kappa shape index (κ1) is 15.3. The van der Waals surface area contributed by atoms with Gasteiger partial charge in [0.25, 0.3) is 0 Å². The Balaban J connectivity index is 2.34. The van der Waals surface area contributed by atoms with E-state index in [4.69, 9.17) is 9.31 Å². The molecule has 1 aromatic rings. The van der Waals surface area contributed by atoms with Crippen LogP contribution in [-0.2, 0) is 9.31 Å². The Morgan fingerprint density at radius 1 is 1.25 bits per heavy atom. The lowest BCUT2D eigenvalue weighted by atomic mass is 9.79. The summed E-state index contributed by atoms with van der Waals surface area (Å²) < 4.78 is 25.8. The van der Waals surface area contributed by atoms with Crippen LogP contribution < -0.4 is 10.4 Å². The van der Waals surface area contributed by atoms with Gasteiger partial charge in [-0.25, -0.2) is 9.37 Å². The molecule has 1 aromatic heterocycles. The molecule has 4 nitrogen and oxygen atoms in total. The van der Waals surface area contributed by atoms with Gasteiger partial charge in [-0.05, 0) is 40.7 Å². The number of hydrogen-bond acceptors (Lipinski definition) is 4. The van der Waals surface area contributed by atoms with E-state index in [1.807, 2.05) is 46.6 Å². The third kappa shape index (κ3) is 2.54. The second kappa shape index (κ2) is 5.00. The van der Waals surface area contributed by atoms with Gasteiger partial charge in [0.1, 0.15) is 11.6 Å². The number of pyridine rings is 1. The number of rotatable bonds is 3. The van der Waals surface area contributed by atoms with E-state index in [-0.39, 0.29) is 0 Å². The standard InChI is InChI=1S/C14H22BFN2O2/c1-7-18(6)12-8-10(11(16)9-17-12)15-19-13(2,3)14(4,5)20-15/h8-9H,7H2,1-6H3. The molecule has 0 spiro atoms. The maximum atomic E-state index is 14.1. The summed E-state index contributed by atoms with van der Waals surface area (Å²) in [6.07, 6.45) is 1.22. The molecule has 1 aliphatic heterocycles. The predicted octanol–water partition coefficient (Wildman–Crippen LogP) is 1.98. The van der Waals surface area contributed by atoms with E-state index in [1.54, 1.807) is 6.07 Å². The van der Waals surface area contributed by atoms with Gasteiger partial charge in [0, 0.05) is 19.1 Å². The highest BCUT2D eigenvalue weighted by Crippen LogP contribution is 2.36. The van der Waals surface area contributed by atoms with E-state index in [9.17, 15) is 4.39 Å². The van der Waals surface area contributed by atoms with Crippen molar-refractivity contribution in [1.29, 1.82) is 0 Å². The van der Waals surface area contributed by atoms with Crippen LogP contribution in [0.3, 0.4) is 0 Å². The Hall–Kier alpha value is -1.14. The zero-order valence-corrected chi connectivity index (χ0v) is 13.0. The van der Waals surface area contributed by atoms with Crippen LogP contribution in [0.25, 0.3) is 0 Å². The van der Waals surface area contributed by atoms with E-state index in [2.05, 4.69) is 4.98 Å². The molecule has 1 aliphatic rings. The van der Waals surface area contributed by atoms with Gasteiger partial charge < -0.3 is 14.2 Å². The molecule has 0 bridgehead atoms. The summed E-state index contributed by atoms with van der Waals surface area (Å²) in [6, 6.07) is 1.70. The van der Waals surface area contributed by atoms with E-state index in [1.165, 1.54) is 6.20 Å². The van der Waals surface area contributed by atoms with Crippen molar-refractivity contribution in [2.75, 3.05) is 18.5 Å². The summed E-state index contributed by atoms with van der Waals surface area (Å²) in [5.74, 6) is 0.301. The minimum Gasteiger partial charge on any atom is -0.399 e. The van der Waals surface area contributed by atoms with E-state index < -0.39 is 24.1 Å². The minimum absolute atomic E-state index is 0.397. The molecule has 0 amide bonds. The summed E-state index contributed by atoms with van der Waals surface area (Å²) in [5, 5.41) is 0. The van der Waals surface area contributed by atoms with Gasteiger partial charge in [-0.2, -0.15) is 0 Å². The van der Waals surface area contributed by atoms with Gasteiger partial charge in [0.2, 0.25) is 0 Å². The molecule has 2 rings (SSSR count). The van der Waals surface area contributed by atoms with Crippen LogP contribution in [0.1, 0.15) is 34.6 Å². The van der Waals surface area contributed by atoms with Crippen molar-refractivity contribution in [1.82, 2.24) is 4.98 Å². The molecule has 0 unspecified atom stereocenters. The Morgan fingerprint density at radius 3 is 2.30 bits per heavy atom. The highest BCUT2D eigenvalue weighted by atomic mass is 19.1. The maximum Gasteiger partial charge on any atom is 0.498 e. The average Bonchev–Trinajstić information content (AvgIpc) is 2.58. The van der Waals surface area contributed by atoms with Crippen LogP contribution in [0.5, 0.6) is 0 Å². The fourth-order valence-electron chi connectivity index (χ4n) is 1.96. The molecule has 0 radical (unpaired) electrons. The van der Waals surface area contributed by atoms with Crippen molar-refractivity contribution in [3.05, 3.63) is 18.1 Å². The van der Waals surface area contributed by atoms with Gasteiger partial charge in [0.05, 0.1) is 17.4 Å². The minimum atomic E-state index is -0.702. The van der Waals surface area contributed by atoms with Crippen molar-refractivity contribution in [2.45, 2.75) is 45.8 Å². The van der Waals surface area contributed by atoms with Crippen LogP contribution in [0, 0.1) is 5.82 Å². The van der Waals surface area contributed by atoms with Gasteiger partial charge in [-0.1, -0.05) is 0 Å². The molecule has 20 heavy (non-hydrogen) atoms. The van der Waals surface area contributed by atoms with Gasteiger partial charge in [0.15, 0.2) is 0 Å². The van der Waals surface area contributed by atoms with Crippen molar-refractivity contribution in [3.63, 3.8) is 0 Å². The van der Waals surface area contributed by atoms with Crippen LogP contribution in [0.4, 0.5) is 10.2 Å². The molecule has 0 saturated carbocycles. The van der Waals surface area contributed by atoms with Gasteiger partial charge in [-0.3, -0.25) is 0 Å². The highest BCUT2D eigenvalue weighted by Gasteiger charge is 2.52. The fourth-order valence-corrected chi connectivity index (χ4v) is 1.96. The average molecular weight is 280 g/mol. The molecule has 1 fully saturated rings. The second-order valence-corrected chi connectivity index (χ2v) is 6.17. The Labute approximate surface area is 120 Å². The SMILES string of the molecule is CCN(C)c1cc(B2OC(C)(C)C(C)(C)O2)c(F)cn1. The predicted molar refractivity (Wildman–Crippen MR) is 78.9 cm³/mol. The van der Waals surface area contributed by atoms with E-state index >= 15 is 0 Å². The maximum absolute atomic E-state index is 14.1. The largest absolute Gasteiger partial charge is 0.498 e. The molecule has 110 valence electrons. The van der Waals surface area contributed by atoms with Crippen LogP contribution in [0.15, 0.2) is 12.3 Å². The second-order valence-electron chi connectivity index (χ2n) is 6.17. The Morgan fingerprint density at radius 2 is 1.80 bits per heavy atom. The van der Waals surface area contributed by atoms with Crippen molar-refractivity contribution >= 4 is 18.4 Å². The van der Waals surface area contributed by atoms with Crippen LogP contribution in [0.2, 0.25) is 0 Å². The highest BCUT2D eigenvalue weighted by molar-refractivity contribution is 6.62. The van der Waals surface area contributed by atoms with Crippen molar-refractivity contribution < 1.29 is 13.7 Å². The van der Waals surface area contributed by atoms with Gasteiger partial charge >= 0.3 is 7.12 Å². The summed E-state index contributed by atoms with van der Waals surface area (Å²) in [6.45, 7) is 10.6. The molecule has 0 N–H and O–H groups in total. The molecule has 0 atom stereocenters. The van der Waals surface area contributed by atoms with E-state index in [0.717, 1.165) is 6.54 Å². The first-order valence-electron chi connectivity index (χ1n) is 6.90. The van der Waals surface area contributed by atoms with Crippen LogP contribution >= 0.6 is 0 Å². The van der Waals surface area contributed by atoms with Crippen LogP contribution in [-0.4, -0.2) is 36.9 Å². The number of anilines is 1. The molecule has 0 aromatic carbocycles. The normalized spacial score (nSPS) is 20.2. The monoisotopic (exact) mass is 280 g/mol. The summed E-state index contributed by atoms with van der Waals surface area (Å²) in [5.41, 5.74) is -0.567. The molecular formula is C14H22BFN2O2. The Bertz CT molecular complexity index is 492. The number of halogens is 1. The summed E-state index contributed by atoms with van der Waals surface area (Å²) in [7, 11) is 1.21. The lowest BCUT2D eigenvalue weighted by Crippen LogP contribution is -2.41. The molecule has 0 aliphatic carbocycles. The topological polar surface area (TPSA) is 34.6 Å². The number of nitrogens with zero attached hydrogens (tertiary/aromatic N) is 2. The third-order valence-corrected chi connectivity index (χ3v) is 4.24. The third-order valence-electron chi connectivity index (χ3n) is 4.24. The van der Waals surface area contributed by atoms with Gasteiger partial charge in [-0.15, -0.1) is 0 Å². The summed E-state index contributed by atoms with van der Waals surface area (Å²) in [4.78, 5) is 6.03.